The first kappa shape index (κ1) is 4.73. The summed E-state index contributed by atoms with van der Waals surface area (Å²) < 4.78 is 2.83. The van der Waals surface area contributed by atoms with E-state index in [9.17, 15) is 0 Å². The summed E-state index contributed by atoms with van der Waals surface area (Å²) in [6, 6.07) is 9.20. The third kappa shape index (κ3) is 0.350. The molecule has 0 saturated heterocycles. The second kappa shape index (κ2) is 1.16. The fourth-order valence-electron chi connectivity index (χ4n) is 2.05. The quantitative estimate of drug-likeness (QED) is 0.365. The topological polar surface area (TPSA) is 0 Å². The molecule has 0 aliphatic carbocycles. The normalized spacial score (nSPS) is 13.5. The standard InChI is InChI=1S/C10H4S/c1-5-2-10-8-3-6(11-5)4-9(10)7(1)8/h1-4H. The molecule has 1 heteroatoms. The predicted molar refractivity (Wildman–Crippen MR) is 50.4 cm³/mol. The summed E-state index contributed by atoms with van der Waals surface area (Å²) in [6.07, 6.45) is 0. The highest BCUT2D eigenvalue weighted by molar-refractivity contribution is 7.23. The molecule has 11 heavy (non-hydrogen) atoms. The van der Waals surface area contributed by atoms with Crippen LogP contribution in [0.15, 0.2) is 24.3 Å². The van der Waals surface area contributed by atoms with Crippen LogP contribution in [-0.2, 0) is 0 Å². The van der Waals surface area contributed by atoms with Crippen molar-refractivity contribution in [3.05, 3.63) is 24.3 Å². The minimum Gasteiger partial charge on any atom is -0.136 e. The molecule has 0 atom stereocenters. The Morgan fingerprint density at radius 3 is 1.36 bits per heavy atom. The van der Waals surface area contributed by atoms with Gasteiger partial charge in [-0.25, -0.2) is 0 Å². The molecule has 0 radical (unpaired) electrons. The van der Waals surface area contributed by atoms with Crippen molar-refractivity contribution in [3.8, 4) is 0 Å². The van der Waals surface area contributed by atoms with E-state index in [1.54, 1.807) is 0 Å². The first-order chi connectivity index (χ1) is 5.42. The highest BCUT2D eigenvalue weighted by Crippen LogP contribution is 2.44. The molecule has 0 amide bonds. The Balaban J connectivity index is 2.81. The van der Waals surface area contributed by atoms with Gasteiger partial charge in [-0.05, 0) is 45.8 Å². The first-order valence-electron chi connectivity index (χ1n) is 3.72. The van der Waals surface area contributed by atoms with Crippen LogP contribution in [-0.4, -0.2) is 0 Å². The van der Waals surface area contributed by atoms with E-state index in [1.165, 1.54) is 30.9 Å². The zero-order chi connectivity index (χ0) is 7.00. The zero-order valence-corrected chi connectivity index (χ0v) is 6.53. The molecule has 5 aromatic carbocycles. The molecule has 0 aliphatic rings. The average molecular weight is 156 g/mol. The van der Waals surface area contributed by atoms with E-state index < -0.39 is 0 Å². The summed E-state index contributed by atoms with van der Waals surface area (Å²) in [6.45, 7) is 0. The molecule has 4 heterocycles. The lowest BCUT2D eigenvalue weighted by Crippen LogP contribution is -1.83. The molecule has 4 aromatic heterocycles. The van der Waals surface area contributed by atoms with Crippen LogP contribution in [0.25, 0.3) is 30.9 Å². The van der Waals surface area contributed by atoms with Crippen molar-refractivity contribution in [1.82, 2.24) is 0 Å². The van der Waals surface area contributed by atoms with E-state index >= 15 is 0 Å². The second-order valence-corrected chi connectivity index (χ2v) is 4.29. The molecule has 0 fully saturated rings. The van der Waals surface area contributed by atoms with Gasteiger partial charge in [0.25, 0.3) is 0 Å². The van der Waals surface area contributed by atoms with Gasteiger partial charge in [-0.3, -0.25) is 0 Å². The number of rotatable bonds is 0. The molecule has 50 valence electrons. The van der Waals surface area contributed by atoms with Gasteiger partial charge in [-0.1, -0.05) is 0 Å². The summed E-state index contributed by atoms with van der Waals surface area (Å²) in [5.74, 6) is 0. The van der Waals surface area contributed by atoms with Crippen LogP contribution in [0.5, 0.6) is 0 Å². The van der Waals surface area contributed by atoms with Crippen molar-refractivity contribution in [1.29, 1.82) is 0 Å². The predicted octanol–water partition coefficient (Wildman–Crippen LogP) is 3.52. The zero-order valence-electron chi connectivity index (χ0n) is 5.72. The van der Waals surface area contributed by atoms with Gasteiger partial charge < -0.3 is 0 Å². The van der Waals surface area contributed by atoms with Gasteiger partial charge in [0, 0.05) is 9.40 Å². The molecule has 9 rings (SSSR count). The van der Waals surface area contributed by atoms with Crippen molar-refractivity contribution in [3.63, 3.8) is 0 Å². The van der Waals surface area contributed by atoms with E-state index in [1.807, 2.05) is 11.3 Å². The first-order valence-corrected chi connectivity index (χ1v) is 4.53. The molecule has 0 aliphatic heterocycles. The maximum atomic E-state index is 2.30. The van der Waals surface area contributed by atoms with Gasteiger partial charge in [-0.15, -0.1) is 11.3 Å². The second-order valence-electron chi connectivity index (χ2n) is 3.14. The summed E-state index contributed by atoms with van der Waals surface area (Å²) >= 11 is 1.88. The van der Waals surface area contributed by atoms with Crippen molar-refractivity contribution in [2.24, 2.45) is 0 Å². The van der Waals surface area contributed by atoms with Crippen molar-refractivity contribution in [2.45, 2.75) is 0 Å². The van der Waals surface area contributed by atoms with E-state index in [0.29, 0.717) is 0 Å². The van der Waals surface area contributed by atoms with Crippen LogP contribution in [0.2, 0.25) is 0 Å². The van der Waals surface area contributed by atoms with Crippen molar-refractivity contribution < 1.29 is 0 Å². The molecule has 0 saturated carbocycles. The fourth-order valence-corrected chi connectivity index (χ4v) is 3.03. The molecule has 6 bridgehead atoms. The van der Waals surface area contributed by atoms with Gasteiger partial charge in [0.2, 0.25) is 0 Å². The highest BCUT2D eigenvalue weighted by Gasteiger charge is 2.14. The molecule has 0 unspecified atom stereocenters. The number of hydrogen-bond acceptors (Lipinski definition) is 1. The van der Waals surface area contributed by atoms with Crippen molar-refractivity contribution >= 4 is 42.3 Å². The largest absolute Gasteiger partial charge is 0.136 e. The van der Waals surface area contributed by atoms with Crippen LogP contribution in [0.4, 0.5) is 0 Å². The molecule has 0 nitrogen and oxygen atoms in total. The van der Waals surface area contributed by atoms with Gasteiger partial charge >= 0.3 is 0 Å². The van der Waals surface area contributed by atoms with Gasteiger partial charge in [-0.2, -0.15) is 0 Å². The Labute approximate surface area is 67.1 Å². The Morgan fingerprint density at radius 1 is 0.636 bits per heavy atom. The number of benzene rings is 4. The Hall–Kier alpha value is -1.08. The monoisotopic (exact) mass is 156 g/mol. The van der Waals surface area contributed by atoms with Crippen LogP contribution in [0.3, 0.4) is 0 Å². The highest BCUT2D eigenvalue weighted by atomic mass is 32.1. The maximum Gasteiger partial charge on any atom is 0.0289 e. The van der Waals surface area contributed by atoms with E-state index in [-0.39, 0.29) is 0 Å². The minimum absolute atomic E-state index is 1.42. The van der Waals surface area contributed by atoms with Crippen LogP contribution in [0.1, 0.15) is 0 Å². The third-order valence-corrected chi connectivity index (χ3v) is 3.49. The van der Waals surface area contributed by atoms with E-state index in [4.69, 9.17) is 0 Å². The van der Waals surface area contributed by atoms with E-state index in [2.05, 4.69) is 24.3 Å². The van der Waals surface area contributed by atoms with E-state index in [0.717, 1.165) is 0 Å². The summed E-state index contributed by atoms with van der Waals surface area (Å²) in [4.78, 5) is 0. The Kier molecular flexibility index (Phi) is 0.501. The fraction of sp³-hybridized carbons (Fsp3) is 0. The van der Waals surface area contributed by atoms with Gasteiger partial charge in [0.1, 0.15) is 0 Å². The van der Waals surface area contributed by atoms with Gasteiger partial charge in [0.15, 0.2) is 0 Å². The van der Waals surface area contributed by atoms with Gasteiger partial charge in [0.05, 0.1) is 0 Å². The number of hydrogen-bond donors (Lipinski definition) is 0. The smallest absolute Gasteiger partial charge is 0.0289 e. The lowest BCUT2D eigenvalue weighted by molar-refractivity contribution is 1.94. The van der Waals surface area contributed by atoms with Crippen LogP contribution < -0.4 is 0 Å². The van der Waals surface area contributed by atoms with Crippen LogP contribution in [0, 0.1) is 0 Å². The summed E-state index contributed by atoms with van der Waals surface area (Å²) in [5.41, 5.74) is 0. The average Bonchev–Trinajstić information content (AvgIpc) is 2.40. The Bertz CT molecular complexity index is 480. The Morgan fingerprint density at radius 2 is 1.00 bits per heavy atom. The summed E-state index contributed by atoms with van der Waals surface area (Å²) in [7, 11) is 0. The summed E-state index contributed by atoms with van der Waals surface area (Å²) in [5, 5.41) is 5.91. The van der Waals surface area contributed by atoms with Crippen LogP contribution >= 0.6 is 11.3 Å². The maximum absolute atomic E-state index is 2.30. The third-order valence-electron chi connectivity index (χ3n) is 2.54. The lowest BCUT2D eigenvalue weighted by Gasteiger charge is -2.10. The molecular weight excluding hydrogens is 152 g/mol. The minimum atomic E-state index is 1.42. The molecule has 0 N–H and O–H groups in total. The molecule has 9 aromatic rings. The lowest BCUT2D eigenvalue weighted by atomic mass is 9.92. The molecule has 0 spiro atoms. The SMILES string of the molecule is c1c2cc3c4cc(cc3c14)s2. The van der Waals surface area contributed by atoms with Crippen molar-refractivity contribution in [2.75, 3.05) is 0 Å². The molecular formula is C10H4S.